The largest absolute Gasteiger partial charge is 0.507 e. The zero-order chi connectivity index (χ0) is 14.7. The molecule has 0 aromatic heterocycles. The predicted molar refractivity (Wildman–Crippen MR) is 80.3 cm³/mol. The minimum absolute atomic E-state index is 0.0933. The molecule has 0 radical (unpaired) electrons. The molecule has 0 fully saturated rings. The Morgan fingerprint density at radius 2 is 1.70 bits per heavy atom. The van der Waals surface area contributed by atoms with Crippen molar-refractivity contribution in [3.63, 3.8) is 0 Å². The van der Waals surface area contributed by atoms with Gasteiger partial charge >= 0.3 is 0 Å². The SMILES string of the molecule is Cc1ccc(O)c(C(=O)CC(=O)c2ccc(Br)cc2)c1. The van der Waals surface area contributed by atoms with E-state index in [1.54, 1.807) is 36.4 Å². The van der Waals surface area contributed by atoms with Crippen LogP contribution in [-0.4, -0.2) is 16.7 Å². The van der Waals surface area contributed by atoms with Gasteiger partial charge in [0.1, 0.15) is 5.75 Å². The first-order chi connectivity index (χ1) is 9.47. The molecule has 4 heteroatoms. The fraction of sp³-hybridized carbons (Fsp3) is 0.125. The topological polar surface area (TPSA) is 54.4 Å². The summed E-state index contributed by atoms with van der Waals surface area (Å²) in [6, 6.07) is 11.6. The third-order valence-corrected chi connectivity index (χ3v) is 3.47. The molecule has 1 N–H and O–H groups in total. The van der Waals surface area contributed by atoms with Gasteiger partial charge in [-0.1, -0.05) is 39.7 Å². The average Bonchev–Trinajstić information content (AvgIpc) is 2.42. The van der Waals surface area contributed by atoms with Gasteiger partial charge in [0.15, 0.2) is 11.6 Å². The van der Waals surface area contributed by atoms with E-state index in [0.717, 1.165) is 10.0 Å². The van der Waals surface area contributed by atoms with Crippen LogP contribution in [-0.2, 0) is 0 Å². The van der Waals surface area contributed by atoms with Crippen LogP contribution >= 0.6 is 15.9 Å². The predicted octanol–water partition coefficient (Wildman–Crippen LogP) is 3.92. The van der Waals surface area contributed by atoms with Gasteiger partial charge in [-0.3, -0.25) is 9.59 Å². The molecule has 0 amide bonds. The number of carbonyl (C=O) groups excluding carboxylic acids is 2. The maximum absolute atomic E-state index is 12.1. The van der Waals surface area contributed by atoms with E-state index in [1.807, 2.05) is 6.92 Å². The van der Waals surface area contributed by atoms with Crippen molar-refractivity contribution in [2.45, 2.75) is 13.3 Å². The Morgan fingerprint density at radius 3 is 2.35 bits per heavy atom. The molecule has 3 nitrogen and oxygen atoms in total. The lowest BCUT2D eigenvalue weighted by Gasteiger charge is -2.05. The number of aryl methyl sites for hydroxylation is 1. The van der Waals surface area contributed by atoms with Crippen LogP contribution in [0.2, 0.25) is 0 Å². The fourth-order valence-corrected chi connectivity index (χ4v) is 2.12. The molecule has 0 heterocycles. The van der Waals surface area contributed by atoms with Crippen molar-refractivity contribution in [2.24, 2.45) is 0 Å². The lowest BCUT2D eigenvalue weighted by atomic mass is 10.00. The molecule has 0 saturated carbocycles. The van der Waals surface area contributed by atoms with E-state index in [2.05, 4.69) is 15.9 Å². The van der Waals surface area contributed by atoms with Gasteiger partial charge in [-0.15, -0.1) is 0 Å². The number of rotatable bonds is 4. The van der Waals surface area contributed by atoms with Gasteiger partial charge in [-0.25, -0.2) is 0 Å². The summed E-state index contributed by atoms with van der Waals surface area (Å²) in [6.45, 7) is 1.83. The molecule has 2 aromatic rings. The lowest BCUT2D eigenvalue weighted by molar-refractivity contribution is 0.0893. The molecule has 0 atom stereocenters. The van der Waals surface area contributed by atoms with Gasteiger partial charge in [0.2, 0.25) is 0 Å². The van der Waals surface area contributed by atoms with E-state index in [4.69, 9.17) is 0 Å². The molecule has 0 bridgehead atoms. The second kappa shape index (κ2) is 6.01. The Labute approximate surface area is 125 Å². The summed E-state index contributed by atoms with van der Waals surface area (Å²) >= 11 is 3.29. The van der Waals surface area contributed by atoms with Gasteiger partial charge in [-0.05, 0) is 31.2 Å². The Kier molecular flexibility index (Phi) is 4.35. The minimum Gasteiger partial charge on any atom is -0.507 e. The van der Waals surface area contributed by atoms with Crippen molar-refractivity contribution in [1.29, 1.82) is 0 Å². The summed E-state index contributed by atoms with van der Waals surface area (Å²) < 4.78 is 0.872. The minimum atomic E-state index is -0.376. The van der Waals surface area contributed by atoms with Gasteiger partial charge < -0.3 is 5.11 Å². The van der Waals surface area contributed by atoms with E-state index >= 15 is 0 Å². The van der Waals surface area contributed by atoms with Gasteiger partial charge in [0, 0.05) is 10.0 Å². The summed E-state index contributed by atoms with van der Waals surface area (Å²) in [5.41, 5.74) is 1.53. The molecule has 0 aliphatic heterocycles. The van der Waals surface area contributed by atoms with Crippen molar-refractivity contribution in [3.8, 4) is 5.75 Å². The van der Waals surface area contributed by atoms with Crippen LogP contribution in [0, 0.1) is 6.92 Å². The highest BCUT2D eigenvalue weighted by molar-refractivity contribution is 9.10. The van der Waals surface area contributed by atoms with Crippen LogP contribution in [0.3, 0.4) is 0 Å². The second-order valence-corrected chi connectivity index (χ2v) is 5.47. The molecular weight excluding hydrogens is 320 g/mol. The van der Waals surface area contributed by atoms with Gasteiger partial charge in [0.25, 0.3) is 0 Å². The van der Waals surface area contributed by atoms with Gasteiger partial charge in [0.05, 0.1) is 12.0 Å². The number of aromatic hydroxyl groups is 1. The van der Waals surface area contributed by atoms with Crippen molar-refractivity contribution in [3.05, 3.63) is 63.6 Å². The van der Waals surface area contributed by atoms with Gasteiger partial charge in [-0.2, -0.15) is 0 Å². The number of hydrogen-bond donors (Lipinski definition) is 1. The third-order valence-electron chi connectivity index (χ3n) is 2.94. The normalized spacial score (nSPS) is 10.3. The van der Waals surface area contributed by atoms with E-state index in [1.165, 1.54) is 6.07 Å². The zero-order valence-corrected chi connectivity index (χ0v) is 12.5. The first-order valence-electron chi connectivity index (χ1n) is 6.09. The third kappa shape index (κ3) is 3.33. The van der Waals surface area contributed by atoms with Crippen molar-refractivity contribution < 1.29 is 14.7 Å². The molecular formula is C16H13BrO3. The summed E-state index contributed by atoms with van der Waals surface area (Å²) in [5.74, 6) is -0.730. The van der Waals surface area contributed by atoms with Crippen LogP contribution in [0.4, 0.5) is 0 Å². The molecule has 102 valence electrons. The Hall–Kier alpha value is -1.94. The number of Topliss-reactive ketones (excluding diaryl/α,β-unsaturated/α-hetero) is 2. The number of carbonyl (C=O) groups is 2. The fourth-order valence-electron chi connectivity index (χ4n) is 1.85. The molecule has 20 heavy (non-hydrogen) atoms. The van der Waals surface area contributed by atoms with E-state index in [9.17, 15) is 14.7 Å². The van der Waals surface area contributed by atoms with Crippen LogP contribution < -0.4 is 0 Å². The van der Waals surface area contributed by atoms with Crippen molar-refractivity contribution in [1.82, 2.24) is 0 Å². The highest BCUT2D eigenvalue weighted by Crippen LogP contribution is 2.21. The molecule has 0 spiro atoms. The molecule has 0 saturated heterocycles. The highest BCUT2D eigenvalue weighted by atomic mass is 79.9. The average molecular weight is 333 g/mol. The van der Waals surface area contributed by atoms with E-state index in [-0.39, 0.29) is 29.3 Å². The first-order valence-corrected chi connectivity index (χ1v) is 6.88. The molecule has 0 unspecified atom stereocenters. The number of benzene rings is 2. The number of phenols is 1. The maximum atomic E-state index is 12.1. The zero-order valence-electron chi connectivity index (χ0n) is 10.9. The molecule has 0 aliphatic rings. The molecule has 2 aromatic carbocycles. The van der Waals surface area contributed by atoms with Crippen LogP contribution in [0.15, 0.2) is 46.9 Å². The van der Waals surface area contributed by atoms with Crippen LogP contribution in [0.25, 0.3) is 0 Å². The number of ketones is 2. The molecule has 0 aliphatic carbocycles. The van der Waals surface area contributed by atoms with E-state index in [0.29, 0.717) is 5.56 Å². The maximum Gasteiger partial charge on any atom is 0.174 e. The second-order valence-electron chi connectivity index (χ2n) is 4.55. The number of phenolic OH excluding ortho intramolecular Hbond substituents is 1. The number of halogens is 1. The monoisotopic (exact) mass is 332 g/mol. The standard InChI is InChI=1S/C16H13BrO3/c1-10-2-7-14(18)13(8-10)16(20)9-15(19)11-3-5-12(17)6-4-11/h2-8,18H,9H2,1H3. The highest BCUT2D eigenvalue weighted by Gasteiger charge is 2.16. The quantitative estimate of drug-likeness (QED) is 0.682. The van der Waals surface area contributed by atoms with Crippen molar-refractivity contribution >= 4 is 27.5 Å². The van der Waals surface area contributed by atoms with Crippen LogP contribution in [0.1, 0.15) is 32.7 Å². The summed E-state index contributed by atoms with van der Waals surface area (Å²) in [6.07, 6.45) is -0.251. The Bertz CT molecular complexity index is 660. The first kappa shape index (κ1) is 14.5. The van der Waals surface area contributed by atoms with Crippen molar-refractivity contribution in [2.75, 3.05) is 0 Å². The Balaban J connectivity index is 2.17. The summed E-state index contributed by atoms with van der Waals surface area (Å²) in [7, 11) is 0. The lowest BCUT2D eigenvalue weighted by Crippen LogP contribution is -2.09. The van der Waals surface area contributed by atoms with E-state index < -0.39 is 0 Å². The molecule has 2 rings (SSSR count). The smallest absolute Gasteiger partial charge is 0.174 e. The Morgan fingerprint density at radius 1 is 1.05 bits per heavy atom. The summed E-state index contributed by atoms with van der Waals surface area (Å²) in [4.78, 5) is 24.1. The number of hydrogen-bond acceptors (Lipinski definition) is 3. The summed E-state index contributed by atoms with van der Waals surface area (Å²) in [5, 5.41) is 9.69. The van der Waals surface area contributed by atoms with Crippen LogP contribution in [0.5, 0.6) is 5.75 Å².